The van der Waals surface area contributed by atoms with E-state index in [0.717, 1.165) is 5.56 Å². The molecule has 0 amide bonds. The van der Waals surface area contributed by atoms with E-state index in [0.29, 0.717) is 11.6 Å². The highest BCUT2D eigenvalue weighted by Gasteiger charge is 2.25. The third-order valence-corrected chi connectivity index (χ3v) is 3.06. The minimum absolute atomic E-state index is 0.213. The van der Waals surface area contributed by atoms with Gasteiger partial charge in [0.2, 0.25) is 0 Å². The summed E-state index contributed by atoms with van der Waals surface area (Å²) in [5, 5.41) is 0. The van der Waals surface area contributed by atoms with Crippen LogP contribution in [0.2, 0.25) is 0 Å². The number of rotatable bonds is 1. The summed E-state index contributed by atoms with van der Waals surface area (Å²) in [5.41, 5.74) is 1.04. The van der Waals surface area contributed by atoms with Gasteiger partial charge in [-0.25, -0.2) is 17.6 Å². The van der Waals surface area contributed by atoms with Gasteiger partial charge in [0.05, 0.1) is 5.56 Å². The Morgan fingerprint density at radius 2 is 1.53 bits per heavy atom. The molecule has 0 unspecified atom stereocenters. The first kappa shape index (κ1) is 12.0. The molecule has 95 valence electrons. The molecule has 0 saturated heterocycles. The molecule has 19 heavy (non-hydrogen) atoms. The summed E-state index contributed by atoms with van der Waals surface area (Å²) < 4.78 is 53.7. The highest BCUT2D eigenvalue weighted by Crippen LogP contribution is 2.36. The molecular formula is C15H7F4. The second kappa shape index (κ2) is 4.23. The van der Waals surface area contributed by atoms with Crippen LogP contribution in [-0.2, 0) is 0 Å². The molecule has 1 aliphatic rings. The van der Waals surface area contributed by atoms with Crippen LogP contribution in [0.15, 0.2) is 36.4 Å². The van der Waals surface area contributed by atoms with Gasteiger partial charge < -0.3 is 0 Å². The Bertz CT molecular complexity index is 702. The minimum atomic E-state index is -1.67. The number of allylic oxidation sites excluding steroid dienone is 1. The van der Waals surface area contributed by atoms with Gasteiger partial charge in [0.15, 0.2) is 17.5 Å². The summed E-state index contributed by atoms with van der Waals surface area (Å²) in [4.78, 5) is 0. The zero-order chi connectivity index (χ0) is 13.6. The lowest BCUT2D eigenvalue weighted by Gasteiger charge is -2.09. The molecule has 0 fully saturated rings. The van der Waals surface area contributed by atoms with Gasteiger partial charge in [-0.2, -0.15) is 0 Å². The summed E-state index contributed by atoms with van der Waals surface area (Å²) in [6, 6.07) is 7.29. The fourth-order valence-corrected chi connectivity index (χ4v) is 2.18. The lowest BCUT2D eigenvalue weighted by molar-refractivity contribution is 0.432. The first-order valence-corrected chi connectivity index (χ1v) is 5.57. The number of halogens is 4. The molecule has 1 aliphatic carbocycles. The Morgan fingerprint density at radius 3 is 2.32 bits per heavy atom. The van der Waals surface area contributed by atoms with Crippen LogP contribution in [0.1, 0.15) is 16.7 Å². The van der Waals surface area contributed by atoms with Gasteiger partial charge in [0.1, 0.15) is 5.82 Å². The van der Waals surface area contributed by atoms with E-state index in [1.807, 2.05) is 0 Å². The Kier molecular flexibility index (Phi) is 2.66. The molecule has 2 aromatic carbocycles. The van der Waals surface area contributed by atoms with Crippen molar-refractivity contribution in [1.82, 2.24) is 0 Å². The molecule has 0 nitrogen and oxygen atoms in total. The van der Waals surface area contributed by atoms with E-state index in [2.05, 4.69) is 0 Å². The van der Waals surface area contributed by atoms with E-state index in [1.165, 1.54) is 6.08 Å². The molecule has 0 bridgehead atoms. The smallest absolute Gasteiger partial charge is 0.195 e. The van der Waals surface area contributed by atoms with Crippen LogP contribution in [0, 0.1) is 29.7 Å². The summed E-state index contributed by atoms with van der Waals surface area (Å²) >= 11 is 0. The first-order valence-electron chi connectivity index (χ1n) is 5.57. The minimum Gasteiger partial charge on any atom is -0.206 e. The second-order valence-corrected chi connectivity index (χ2v) is 4.18. The van der Waals surface area contributed by atoms with Gasteiger partial charge in [-0.3, -0.25) is 0 Å². The quantitative estimate of drug-likeness (QED) is 0.410. The normalized spacial score (nSPS) is 13.4. The summed E-state index contributed by atoms with van der Waals surface area (Å²) in [6.45, 7) is 0. The molecule has 0 atom stereocenters. The van der Waals surface area contributed by atoms with Crippen molar-refractivity contribution in [3.05, 3.63) is 82.8 Å². The molecule has 1 radical (unpaired) electrons. The topological polar surface area (TPSA) is 0 Å². The fraction of sp³-hybridized carbons (Fsp3) is 0. The van der Waals surface area contributed by atoms with Crippen LogP contribution in [-0.4, -0.2) is 0 Å². The van der Waals surface area contributed by atoms with Crippen molar-refractivity contribution in [3.8, 4) is 0 Å². The predicted octanol–water partition coefficient (Wildman–Crippen LogP) is 4.24. The van der Waals surface area contributed by atoms with Gasteiger partial charge in [-0.05, 0) is 16.7 Å². The van der Waals surface area contributed by atoms with Crippen LogP contribution in [0.25, 0.3) is 5.57 Å². The maximum absolute atomic E-state index is 13.8. The van der Waals surface area contributed by atoms with Gasteiger partial charge in [-0.1, -0.05) is 30.3 Å². The molecule has 3 rings (SSSR count). The largest absolute Gasteiger partial charge is 0.206 e. The van der Waals surface area contributed by atoms with Crippen LogP contribution in [0.5, 0.6) is 0 Å². The van der Waals surface area contributed by atoms with E-state index in [4.69, 9.17) is 0 Å². The zero-order valence-electron chi connectivity index (χ0n) is 9.55. The SMILES string of the molecule is Fc1cc(F)c(C2=C[CH]c3ccccc32)c(F)c1F. The average Bonchev–Trinajstić information content (AvgIpc) is 2.81. The Morgan fingerprint density at radius 1 is 0.789 bits per heavy atom. The Hall–Kier alpha value is -2.10. The van der Waals surface area contributed by atoms with E-state index in [-0.39, 0.29) is 5.57 Å². The fourth-order valence-electron chi connectivity index (χ4n) is 2.18. The van der Waals surface area contributed by atoms with Crippen molar-refractivity contribution in [2.45, 2.75) is 0 Å². The van der Waals surface area contributed by atoms with Crippen molar-refractivity contribution in [2.75, 3.05) is 0 Å². The van der Waals surface area contributed by atoms with Crippen molar-refractivity contribution in [2.24, 2.45) is 0 Å². The van der Waals surface area contributed by atoms with Gasteiger partial charge >= 0.3 is 0 Å². The van der Waals surface area contributed by atoms with Gasteiger partial charge in [0, 0.05) is 12.5 Å². The maximum atomic E-state index is 13.8. The van der Waals surface area contributed by atoms with Gasteiger partial charge in [0.25, 0.3) is 0 Å². The molecule has 0 spiro atoms. The number of hydrogen-bond donors (Lipinski definition) is 0. The van der Waals surface area contributed by atoms with Crippen LogP contribution >= 0.6 is 0 Å². The summed E-state index contributed by atoms with van der Waals surface area (Å²) in [5.74, 6) is -5.82. The average molecular weight is 263 g/mol. The standard InChI is InChI=1S/C15H7F4/c16-11-7-12(17)14(18)15(19)13(11)10-6-5-8-3-1-2-4-9(8)10/h1-7H. The number of benzene rings is 2. The van der Waals surface area contributed by atoms with E-state index >= 15 is 0 Å². The zero-order valence-corrected chi connectivity index (χ0v) is 9.55. The number of fused-ring (bicyclic) bond motifs is 1. The molecule has 0 N–H and O–H groups in total. The third kappa shape index (κ3) is 1.75. The second-order valence-electron chi connectivity index (χ2n) is 4.18. The summed E-state index contributed by atoms with van der Waals surface area (Å²) in [6.07, 6.45) is 3.16. The van der Waals surface area contributed by atoms with E-state index < -0.39 is 28.8 Å². The summed E-state index contributed by atoms with van der Waals surface area (Å²) in [7, 11) is 0. The lowest BCUT2D eigenvalue weighted by Crippen LogP contribution is -2.02. The lowest BCUT2D eigenvalue weighted by atomic mass is 9.98. The molecule has 0 saturated carbocycles. The van der Waals surface area contributed by atoms with Crippen molar-refractivity contribution in [1.29, 1.82) is 0 Å². The predicted molar refractivity (Wildman–Crippen MR) is 63.2 cm³/mol. The van der Waals surface area contributed by atoms with Gasteiger partial charge in [-0.15, -0.1) is 0 Å². The maximum Gasteiger partial charge on any atom is 0.195 e. The van der Waals surface area contributed by atoms with Crippen molar-refractivity contribution in [3.63, 3.8) is 0 Å². The molecular weight excluding hydrogens is 256 g/mol. The van der Waals surface area contributed by atoms with Crippen LogP contribution < -0.4 is 0 Å². The molecule has 2 aromatic rings. The highest BCUT2D eigenvalue weighted by atomic mass is 19.2. The molecule has 0 aliphatic heterocycles. The monoisotopic (exact) mass is 263 g/mol. The molecule has 0 aromatic heterocycles. The third-order valence-electron chi connectivity index (χ3n) is 3.06. The number of hydrogen-bond acceptors (Lipinski definition) is 0. The first-order chi connectivity index (χ1) is 9.09. The van der Waals surface area contributed by atoms with E-state index in [9.17, 15) is 17.6 Å². The van der Waals surface area contributed by atoms with Crippen LogP contribution in [0.3, 0.4) is 0 Å². The van der Waals surface area contributed by atoms with Crippen molar-refractivity contribution < 1.29 is 17.6 Å². The van der Waals surface area contributed by atoms with Crippen LogP contribution in [0.4, 0.5) is 17.6 Å². The van der Waals surface area contributed by atoms with E-state index in [1.54, 1.807) is 30.7 Å². The highest BCUT2D eigenvalue weighted by molar-refractivity contribution is 5.87. The molecule has 4 heteroatoms. The van der Waals surface area contributed by atoms with Crippen molar-refractivity contribution >= 4 is 5.57 Å². The molecule has 0 heterocycles. The Balaban J connectivity index is 2.23. The Labute approximate surface area is 107 Å².